The highest BCUT2D eigenvalue weighted by atomic mass is 79.9. The van der Waals surface area contributed by atoms with Crippen LogP contribution in [0.5, 0.6) is 5.75 Å². The molecule has 3 unspecified atom stereocenters. The van der Waals surface area contributed by atoms with E-state index in [4.69, 9.17) is 14.6 Å². The van der Waals surface area contributed by atoms with Gasteiger partial charge in [-0.05, 0) is 37.6 Å². The van der Waals surface area contributed by atoms with Gasteiger partial charge in [-0.1, -0.05) is 15.9 Å². The predicted molar refractivity (Wildman–Crippen MR) is 80.1 cm³/mol. The van der Waals surface area contributed by atoms with Gasteiger partial charge in [-0.3, -0.25) is 0 Å². The Bertz CT molecular complexity index is 546. The number of rotatable bonds is 5. The summed E-state index contributed by atoms with van der Waals surface area (Å²) in [6.45, 7) is 2.59. The van der Waals surface area contributed by atoms with E-state index in [1.807, 2.05) is 24.3 Å². The van der Waals surface area contributed by atoms with E-state index in [1.165, 1.54) is 0 Å². The molecule has 1 heterocycles. The molecule has 7 heteroatoms. The highest BCUT2D eigenvalue weighted by molar-refractivity contribution is 9.10. The monoisotopic (exact) mass is 363 g/mol. The van der Waals surface area contributed by atoms with E-state index in [0.717, 1.165) is 10.2 Å². The Morgan fingerprint density at radius 3 is 2.65 bits per heavy atom. The summed E-state index contributed by atoms with van der Waals surface area (Å²) in [5, 5.41) is 4.56. The van der Waals surface area contributed by atoms with Gasteiger partial charge in [-0.15, -0.1) is 0 Å². The SMILES string of the molecule is CC(CC1COCC1Oc1ccc(Br)cc1)S(N)(=O)=O. The number of hydrogen-bond acceptors (Lipinski definition) is 4. The topological polar surface area (TPSA) is 78.6 Å². The summed E-state index contributed by atoms with van der Waals surface area (Å²) in [6, 6.07) is 7.52. The minimum Gasteiger partial charge on any atom is -0.488 e. The zero-order valence-electron chi connectivity index (χ0n) is 11.2. The van der Waals surface area contributed by atoms with Crippen LogP contribution in [0.15, 0.2) is 28.7 Å². The molecule has 112 valence electrons. The van der Waals surface area contributed by atoms with Crippen LogP contribution in [0.1, 0.15) is 13.3 Å². The summed E-state index contributed by atoms with van der Waals surface area (Å²) < 4.78 is 34.9. The van der Waals surface area contributed by atoms with Crippen molar-refractivity contribution in [1.82, 2.24) is 0 Å². The maximum Gasteiger partial charge on any atom is 0.211 e. The van der Waals surface area contributed by atoms with Gasteiger partial charge in [0.1, 0.15) is 11.9 Å². The molecule has 0 spiro atoms. The van der Waals surface area contributed by atoms with Crippen LogP contribution in [0.4, 0.5) is 0 Å². The normalized spacial score (nSPS) is 24.6. The highest BCUT2D eigenvalue weighted by Gasteiger charge is 2.33. The van der Waals surface area contributed by atoms with Crippen molar-refractivity contribution >= 4 is 26.0 Å². The molecule has 0 bridgehead atoms. The highest BCUT2D eigenvalue weighted by Crippen LogP contribution is 2.26. The second-order valence-corrected chi connectivity index (χ2v) is 7.94. The first-order chi connectivity index (χ1) is 9.36. The van der Waals surface area contributed by atoms with Crippen molar-refractivity contribution in [3.05, 3.63) is 28.7 Å². The molecule has 5 nitrogen and oxygen atoms in total. The summed E-state index contributed by atoms with van der Waals surface area (Å²) in [7, 11) is -3.51. The van der Waals surface area contributed by atoms with Gasteiger partial charge in [0.05, 0.1) is 18.5 Å². The van der Waals surface area contributed by atoms with Gasteiger partial charge < -0.3 is 9.47 Å². The molecular weight excluding hydrogens is 346 g/mol. The van der Waals surface area contributed by atoms with Gasteiger partial charge in [-0.25, -0.2) is 13.6 Å². The first-order valence-electron chi connectivity index (χ1n) is 6.38. The van der Waals surface area contributed by atoms with E-state index in [0.29, 0.717) is 19.6 Å². The molecule has 2 rings (SSSR count). The van der Waals surface area contributed by atoms with E-state index < -0.39 is 15.3 Å². The fourth-order valence-electron chi connectivity index (χ4n) is 2.18. The summed E-state index contributed by atoms with van der Waals surface area (Å²) in [4.78, 5) is 0. The van der Waals surface area contributed by atoms with E-state index in [-0.39, 0.29) is 12.0 Å². The Labute approximate surface area is 127 Å². The molecule has 0 aromatic heterocycles. The summed E-state index contributed by atoms with van der Waals surface area (Å²) in [5.74, 6) is 0.781. The number of sulfonamides is 1. The molecular formula is C13H18BrNO4S. The van der Waals surface area contributed by atoms with Crippen LogP contribution >= 0.6 is 15.9 Å². The van der Waals surface area contributed by atoms with Crippen LogP contribution < -0.4 is 9.88 Å². The Morgan fingerprint density at radius 2 is 2.05 bits per heavy atom. The Balaban J connectivity index is 1.99. The molecule has 1 aliphatic heterocycles. The van der Waals surface area contributed by atoms with Crippen LogP contribution in [0, 0.1) is 5.92 Å². The summed E-state index contributed by atoms with van der Waals surface area (Å²) in [6.07, 6.45) is 0.306. The molecule has 0 saturated carbocycles. The van der Waals surface area contributed by atoms with Crippen LogP contribution in [0.25, 0.3) is 0 Å². The van der Waals surface area contributed by atoms with Crippen molar-refractivity contribution in [2.24, 2.45) is 11.1 Å². The number of ether oxygens (including phenoxy) is 2. The van der Waals surface area contributed by atoms with Crippen molar-refractivity contribution in [2.45, 2.75) is 24.7 Å². The molecule has 1 aromatic rings. The maximum atomic E-state index is 11.3. The fourth-order valence-corrected chi connectivity index (χ4v) is 2.96. The maximum absolute atomic E-state index is 11.3. The summed E-state index contributed by atoms with van der Waals surface area (Å²) in [5.41, 5.74) is 0. The van der Waals surface area contributed by atoms with Gasteiger partial charge >= 0.3 is 0 Å². The first kappa shape index (κ1) is 15.8. The van der Waals surface area contributed by atoms with E-state index in [9.17, 15) is 8.42 Å². The van der Waals surface area contributed by atoms with Crippen molar-refractivity contribution in [2.75, 3.05) is 13.2 Å². The number of hydrogen-bond donors (Lipinski definition) is 1. The number of benzene rings is 1. The van der Waals surface area contributed by atoms with Crippen LogP contribution in [0.2, 0.25) is 0 Å². The van der Waals surface area contributed by atoms with E-state index in [1.54, 1.807) is 6.92 Å². The Kier molecular flexibility index (Phi) is 5.06. The third-order valence-corrected chi connectivity index (χ3v) is 5.28. The average molecular weight is 364 g/mol. The fraction of sp³-hybridized carbons (Fsp3) is 0.538. The molecule has 3 atom stereocenters. The predicted octanol–water partition coefficient (Wildman–Crippen LogP) is 1.91. The molecule has 1 fully saturated rings. The first-order valence-corrected chi connectivity index (χ1v) is 8.78. The van der Waals surface area contributed by atoms with Crippen molar-refractivity contribution in [1.29, 1.82) is 0 Å². The van der Waals surface area contributed by atoms with Gasteiger partial charge in [0.15, 0.2) is 0 Å². The smallest absolute Gasteiger partial charge is 0.211 e. The lowest BCUT2D eigenvalue weighted by Gasteiger charge is -2.21. The summed E-state index contributed by atoms with van der Waals surface area (Å²) >= 11 is 3.36. The Morgan fingerprint density at radius 1 is 1.40 bits per heavy atom. The van der Waals surface area contributed by atoms with Gasteiger partial charge in [-0.2, -0.15) is 0 Å². The third kappa shape index (κ3) is 4.18. The quantitative estimate of drug-likeness (QED) is 0.866. The van der Waals surface area contributed by atoms with Crippen LogP contribution in [-0.4, -0.2) is 33.0 Å². The standard InChI is InChI=1S/C13H18BrNO4S/c1-9(20(15,16)17)6-10-7-18-8-13(10)19-12-4-2-11(14)3-5-12/h2-5,9-10,13H,6-8H2,1H3,(H2,15,16,17). The lowest BCUT2D eigenvalue weighted by molar-refractivity contribution is 0.136. The average Bonchev–Trinajstić information content (AvgIpc) is 2.78. The van der Waals surface area contributed by atoms with Crippen LogP contribution in [0.3, 0.4) is 0 Å². The van der Waals surface area contributed by atoms with Crippen LogP contribution in [-0.2, 0) is 14.8 Å². The van der Waals surface area contributed by atoms with E-state index >= 15 is 0 Å². The molecule has 1 aliphatic rings. The number of halogens is 1. The van der Waals surface area contributed by atoms with Gasteiger partial charge in [0.25, 0.3) is 0 Å². The van der Waals surface area contributed by atoms with Crippen molar-refractivity contribution in [3.8, 4) is 5.75 Å². The molecule has 0 aliphatic carbocycles. The third-order valence-electron chi connectivity index (χ3n) is 3.44. The zero-order valence-corrected chi connectivity index (χ0v) is 13.6. The van der Waals surface area contributed by atoms with Gasteiger partial charge in [0.2, 0.25) is 10.0 Å². The molecule has 1 saturated heterocycles. The Hall–Kier alpha value is -0.630. The molecule has 1 aromatic carbocycles. The second kappa shape index (κ2) is 6.43. The van der Waals surface area contributed by atoms with Gasteiger partial charge in [0, 0.05) is 10.4 Å². The number of primary sulfonamides is 1. The molecule has 20 heavy (non-hydrogen) atoms. The zero-order chi connectivity index (χ0) is 14.8. The lowest BCUT2D eigenvalue weighted by Crippen LogP contribution is -2.33. The molecule has 0 amide bonds. The molecule has 2 N–H and O–H groups in total. The molecule has 0 radical (unpaired) electrons. The van der Waals surface area contributed by atoms with Crippen molar-refractivity contribution < 1.29 is 17.9 Å². The second-order valence-electron chi connectivity index (χ2n) is 5.04. The largest absolute Gasteiger partial charge is 0.488 e. The minimum absolute atomic E-state index is 0.0342. The minimum atomic E-state index is -3.51. The lowest BCUT2D eigenvalue weighted by atomic mass is 10.0. The van der Waals surface area contributed by atoms with Crippen molar-refractivity contribution in [3.63, 3.8) is 0 Å². The number of nitrogens with two attached hydrogens (primary N) is 1. The van der Waals surface area contributed by atoms with E-state index in [2.05, 4.69) is 15.9 Å².